The molecule has 0 bridgehead atoms. The summed E-state index contributed by atoms with van der Waals surface area (Å²) in [5, 5.41) is 0. The van der Waals surface area contributed by atoms with E-state index in [2.05, 4.69) is 4.98 Å². The molecular formula is C9H15N3OS. The zero-order valence-corrected chi connectivity index (χ0v) is 9.30. The second kappa shape index (κ2) is 5.07. The maximum Gasteiger partial charge on any atom is 0.265 e. The Morgan fingerprint density at radius 3 is 2.93 bits per heavy atom. The maximum atomic E-state index is 11.8. The molecule has 14 heavy (non-hydrogen) atoms. The highest BCUT2D eigenvalue weighted by molar-refractivity contribution is 7.11. The molecule has 0 aliphatic heterocycles. The molecule has 1 rings (SSSR count). The van der Waals surface area contributed by atoms with Crippen molar-refractivity contribution in [3.05, 3.63) is 16.1 Å². The zero-order chi connectivity index (χ0) is 10.6. The van der Waals surface area contributed by atoms with Crippen LogP contribution in [-0.4, -0.2) is 35.9 Å². The minimum absolute atomic E-state index is 0.0402. The summed E-state index contributed by atoms with van der Waals surface area (Å²) in [7, 11) is 1.79. The Labute approximate surface area is 87.7 Å². The van der Waals surface area contributed by atoms with Crippen molar-refractivity contribution in [2.75, 3.05) is 20.1 Å². The molecule has 0 saturated carbocycles. The van der Waals surface area contributed by atoms with Crippen LogP contribution in [0.25, 0.3) is 0 Å². The molecule has 0 fully saturated rings. The van der Waals surface area contributed by atoms with E-state index in [1.165, 1.54) is 11.3 Å². The lowest BCUT2D eigenvalue weighted by molar-refractivity contribution is 0.0798. The molecule has 1 aromatic heterocycles. The maximum absolute atomic E-state index is 11.8. The third-order valence-corrected chi connectivity index (χ3v) is 2.90. The fraction of sp³-hybridized carbons (Fsp3) is 0.556. The molecule has 1 amide bonds. The molecule has 0 saturated heterocycles. The van der Waals surface area contributed by atoms with Gasteiger partial charge in [-0.25, -0.2) is 4.98 Å². The van der Waals surface area contributed by atoms with Gasteiger partial charge >= 0.3 is 0 Å². The Morgan fingerprint density at radius 1 is 1.71 bits per heavy atom. The highest BCUT2D eigenvalue weighted by atomic mass is 32.1. The molecule has 1 aromatic rings. The fourth-order valence-electron chi connectivity index (χ4n) is 1.11. The summed E-state index contributed by atoms with van der Waals surface area (Å²) in [5.74, 6) is 0.0402. The highest BCUT2D eigenvalue weighted by Gasteiger charge is 2.15. The first-order chi connectivity index (χ1) is 6.66. The molecular weight excluding hydrogens is 198 g/mol. The number of carbonyl (C=O) groups is 1. The summed E-state index contributed by atoms with van der Waals surface area (Å²) in [4.78, 5) is 18.2. The van der Waals surface area contributed by atoms with Crippen LogP contribution < -0.4 is 5.73 Å². The van der Waals surface area contributed by atoms with Crippen LogP contribution in [0.3, 0.4) is 0 Å². The molecule has 0 aliphatic rings. The van der Waals surface area contributed by atoms with Crippen LogP contribution in [0.15, 0.2) is 5.51 Å². The Bertz CT molecular complexity index is 311. The number of nitrogens with two attached hydrogens (primary N) is 1. The highest BCUT2D eigenvalue weighted by Crippen LogP contribution is 2.14. The molecule has 0 atom stereocenters. The average molecular weight is 213 g/mol. The van der Waals surface area contributed by atoms with Crippen LogP contribution >= 0.6 is 11.3 Å². The van der Waals surface area contributed by atoms with E-state index in [-0.39, 0.29) is 5.91 Å². The normalized spacial score (nSPS) is 10.2. The third kappa shape index (κ3) is 2.52. The van der Waals surface area contributed by atoms with Crippen LogP contribution in [0, 0.1) is 6.92 Å². The minimum Gasteiger partial charge on any atom is -0.341 e. The Kier molecular flexibility index (Phi) is 4.03. The summed E-state index contributed by atoms with van der Waals surface area (Å²) < 4.78 is 0. The third-order valence-electron chi connectivity index (χ3n) is 1.98. The van der Waals surface area contributed by atoms with Gasteiger partial charge in [0.2, 0.25) is 0 Å². The first kappa shape index (κ1) is 11.1. The van der Waals surface area contributed by atoms with Crippen LogP contribution in [0.5, 0.6) is 0 Å². The summed E-state index contributed by atoms with van der Waals surface area (Å²) in [6.45, 7) is 3.16. The molecule has 0 aliphatic carbocycles. The number of amides is 1. The minimum atomic E-state index is 0.0402. The number of rotatable bonds is 4. The van der Waals surface area contributed by atoms with Crippen molar-refractivity contribution in [3.8, 4) is 0 Å². The van der Waals surface area contributed by atoms with Gasteiger partial charge in [0.25, 0.3) is 5.91 Å². The monoisotopic (exact) mass is 213 g/mol. The van der Waals surface area contributed by atoms with E-state index >= 15 is 0 Å². The lowest BCUT2D eigenvalue weighted by Gasteiger charge is -2.15. The van der Waals surface area contributed by atoms with Crippen LogP contribution in [0.4, 0.5) is 0 Å². The Balaban J connectivity index is 2.61. The van der Waals surface area contributed by atoms with Crippen LogP contribution in [0.2, 0.25) is 0 Å². The molecule has 78 valence electrons. The number of carbonyl (C=O) groups excluding carboxylic acids is 1. The molecule has 5 heteroatoms. The molecule has 0 spiro atoms. The van der Waals surface area contributed by atoms with Gasteiger partial charge in [-0.05, 0) is 19.9 Å². The van der Waals surface area contributed by atoms with Crippen LogP contribution in [-0.2, 0) is 0 Å². The predicted molar refractivity (Wildman–Crippen MR) is 57.5 cm³/mol. The van der Waals surface area contributed by atoms with E-state index in [9.17, 15) is 4.79 Å². The lowest BCUT2D eigenvalue weighted by atomic mass is 10.3. The number of nitrogens with zero attached hydrogens (tertiary/aromatic N) is 2. The first-order valence-corrected chi connectivity index (χ1v) is 5.40. The van der Waals surface area contributed by atoms with Gasteiger partial charge in [-0.2, -0.15) is 0 Å². The predicted octanol–water partition coefficient (Wildman–Crippen LogP) is 0.872. The fourth-order valence-corrected chi connectivity index (χ4v) is 1.91. The van der Waals surface area contributed by atoms with Gasteiger partial charge in [0.15, 0.2) is 0 Å². The van der Waals surface area contributed by atoms with Gasteiger partial charge in [0.05, 0.1) is 11.2 Å². The molecule has 0 radical (unpaired) electrons. The van der Waals surface area contributed by atoms with Crippen molar-refractivity contribution in [2.24, 2.45) is 5.73 Å². The van der Waals surface area contributed by atoms with E-state index < -0.39 is 0 Å². The number of aromatic nitrogens is 1. The van der Waals surface area contributed by atoms with Gasteiger partial charge in [0.1, 0.15) is 4.88 Å². The van der Waals surface area contributed by atoms with Gasteiger partial charge in [-0.15, -0.1) is 11.3 Å². The summed E-state index contributed by atoms with van der Waals surface area (Å²) >= 11 is 1.39. The Morgan fingerprint density at radius 2 is 2.43 bits per heavy atom. The lowest BCUT2D eigenvalue weighted by Crippen LogP contribution is -2.28. The standard InChI is InChI=1S/C9H15N3OS/c1-7-8(14-6-11-7)9(13)12(2)5-3-4-10/h6H,3-5,10H2,1-2H3. The second-order valence-corrected chi connectivity index (χ2v) is 3.99. The van der Waals surface area contributed by atoms with Gasteiger partial charge in [-0.3, -0.25) is 4.79 Å². The van der Waals surface area contributed by atoms with E-state index in [1.807, 2.05) is 6.92 Å². The smallest absolute Gasteiger partial charge is 0.265 e. The largest absolute Gasteiger partial charge is 0.341 e. The van der Waals surface area contributed by atoms with Crippen molar-refractivity contribution in [2.45, 2.75) is 13.3 Å². The SMILES string of the molecule is Cc1ncsc1C(=O)N(C)CCCN. The second-order valence-electron chi connectivity index (χ2n) is 3.14. The summed E-state index contributed by atoms with van der Waals surface area (Å²) in [5.41, 5.74) is 7.88. The van der Waals surface area contributed by atoms with Gasteiger partial charge in [-0.1, -0.05) is 0 Å². The summed E-state index contributed by atoms with van der Waals surface area (Å²) in [6.07, 6.45) is 0.833. The van der Waals surface area contributed by atoms with Gasteiger partial charge < -0.3 is 10.6 Å². The van der Waals surface area contributed by atoms with E-state index in [4.69, 9.17) is 5.73 Å². The van der Waals surface area contributed by atoms with Crippen molar-refractivity contribution < 1.29 is 4.79 Å². The Hall–Kier alpha value is -0.940. The van der Waals surface area contributed by atoms with Crippen molar-refractivity contribution in [1.29, 1.82) is 0 Å². The van der Waals surface area contributed by atoms with Crippen molar-refractivity contribution >= 4 is 17.2 Å². The summed E-state index contributed by atoms with van der Waals surface area (Å²) in [6, 6.07) is 0. The van der Waals surface area contributed by atoms with Crippen LogP contribution in [0.1, 0.15) is 21.8 Å². The topological polar surface area (TPSA) is 59.2 Å². The van der Waals surface area contributed by atoms with E-state index in [0.29, 0.717) is 13.1 Å². The van der Waals surface area contributed by atoms with E-state index in [0.717, 1.165) is 17.0 Å². The number of aryl methyl sites for hydroxylation is 1. The quantitative estimate of drug-likeness (QED) is 0.807. The average Bonchev–Trinajstić information content (AvgIpc) is 2.59. The first-order valence-electron chi connectivity index (χ1n) is 4.52. The number of hydrogen-bond donors (Lipinski definition) is 1. The molecule has 4 nitrogen and oxygen atoms in total. The number of hydrogen-bond acceptors (Lipinski definition) is 4. The molecule has 2 N–H and O–H groups in total. The molecule has 1 heterocycles. The number of thiazole rings is 1. The van der Waals surface area contributed by atoms with Crippen molar-refractivity contribution in [1.82, 2.24) is 9.88 Å². The van der Waals surface area contributed by atoms with Gasteiger partial charge in [0, 0.05) is 13.6 Å². The molecule has 0 aromatic carbocycles. The molecule has 0 unspecified atom stereocenters. The van der Waals surface area contributed by atoms with Crippen molar-refractivity contribution in [3.63, 3.8) is 0 Å². The zero-order valence-electron chi connectivity index (χ0n) is 8.49. The van der Waals surface area contributed by atoms with E-state index in [1.54, 1.807) is 17.5 Å².